The standard InChI is InChI=1S/C13H16ClNO3S/c14-12-3-1-10(2-4-12)7-13(16)15-8-11-5-6-19(17,18)9-11/h1-4,11H,5-9H2,(H,15,16). The van der Waals surface area contributed by atoms with Gasteiger partial charge in [0.05, 0.1) is 17.9 Å². The molecule has 1 fully saturated rings. The molecule has 0 aliphatic carbocycles. The summed E-state index contributed by atoms with van der Waals surface area (Å²) in [4.78, 5) is 11.7. The predicted molar refractivity (Wildman–Crippen MR) is 74.9 cm³/mol. The maximum absolute atomic E-state index is 11.7. The fourth-order valence-electron chi connectivity index (χ4n) is 2.14. The molecular weight excluding hydrogens is 286 g/mol. The van der Waals surface area contributed by atoms with Crippen LogP contribution in [0.15, 0.2) is 24.3 Å². The van der Waals surface area contributed by atoms with E-state index in [2.05, 4.69) is 5.32 Å². The van der Waals surface area contributed by atoms with Gasteiger partial charge in [-0.05, 0) is 30.0 Å². The first-order valence-electron chi connectivity index (χ1n) is 6.16. The lowest BCUT2D eigenvalue weighted by molar-refractivity contribution is -0.120. The second-order valence-electron chi connectivity index (χ2n) is 4.88. The molecule has 1 aromatic carbocycles. The normalized spacial score (nSPS) is 21.2. The van der Waals surface area contributed by atoms with Crippen LogP contribution < -0.4 is 5.32 Å². The molecule has 104 valence electrons. The molecule has 1 aromatic rings. The maximum Gasteiger partial charge on any atom is 0.224 e. The van der Waals surface area contributed by atoms with Crippen molar-refractivity contribution in [3.63, 3.8) is 0 Å². The molecule has 0 bridgehead atoms. The highest BCUT2D eigenvalue weighted by molar-refractivity contribution is 7.91. The summed E-state index contributed by atoms with van der Waals surface area (Å²) >= 11 is 5.76. The van der Waals surface area contributed by atoms with Gasteiger partial charge in [-0.3, -0.25) is 4.79 Å². The number of halogens is 1. The van der Waals surface area contributed by atoms with Crippen molar-refractivity contribution in [2.45, 2.75) is 12.8 Å². The summed E-state index contributed by atoms with van der Waals surface area (Å²) in [5, 5.41) is 3.43. The largest absolute Gasteiger partial charge is 0.356 e. The van der Waals surface area contributed by atoms with Crippen molar-refractivity contribution in [3.8, 4) is 0 Å². The highest BCUT2D eigenvalue weighted by Gasteiger charge is 2.27. The first kappa shape index (κ1) is 14.3. The monoisotopic (exact) mass is 301 g/mol. The van der Waals surface area contributed by atoms with Gasteiger partial charge in [-0.1, -0.05) is 23.7 Å². The third-order valence-corrected chi connectivity index (χ3v) is 5.28. The van der Waals surface area contributed by atoms with Crippen molar-refractivity contribution in [1.82, 2.24) is 5.32 Å². The Kier molecular flexibility index (Phi) is 4.47. The number of rotatable bonds is 4. The zero-order valence-corrected chi connectivity index (χ0v) is 12.0. The number of hydrogen-bond donors (Lipinski definition) is 1. The van der Waals surface area contributed by atoms with E-state index < -0.39 is 9.84 Å². The van der Waals surface area contributed by atoms with Crippen LogP contribution >= 0.6 is 11.6 Å². The van der Waals surface area contributed by atoms with Crippen molar-refractivity contribution in [2.24, 2.45) is 5.92 Å². The van der Waals surface area contributed by atoms with Crippen LogP contribution in [0.3, 0.4) is 0 Å². The molecule has 0 spiro atoms. The maximum atomic E-state index is 11.7. The van der Waals surface area contributed by atoms with Gasteiger partial charge < -0.3 is 5.32 Å². The first-order chi connectivity index (χ1) is 8.94. The molecule has 1 heterocycles. The summed E-state index contributed by atoms with van der Waals surface area (Å²) in [7, 11) is -2.87. The summed E-state index contributed by atoms with van der Waals surface area (Å²) in [5.74, 6) is 0.393. The topological polar surface area (TPSA) is 63.2 Å². The molecule has 0 saturated carbocycles. The molecule has 6 heteroatoms. The SMILES string of the molecule is O=C(Cc1ccc(Cl)cc1)NCC1CCS(=O)(=O)C1. The van der Waals surface area contributed by atoms with Crippen molar-refractivity contribution in [3.05, 3.63) is 34.9 Å². The van der Waals surface area contributed by atoms with E-state index in [0.29, 0.717) is 18.0 Å². The van der Waals surface area contributed by atoms with Crippen LogP contribution in [0, 0.1) is 5.92 Å². The molecule has 1 aliphatic heterocycles. The van der Waals surface area contributed by atoms with E-state index in [4.69, 9.17) is 11.6 Å². The number of hydrogen-bond acceptors (Lipinski definition) is 3. The smallest absolute Gasteiger partial charge is 0.224 e. The molecule has 1 saturated heterocycles. The van der Waals surface area contributed by atoms with Crippen LogP contribution in [-0.2, 0) is 21.1 Å². The number of sulfone groups is 1. The van der Waals surface area contributed by atoms with Crippen LogP contribution in [0.25, 0.3) is 0 Å². The Hall–Kier alpha value is -1.07. The number of carbonyl (C=O) groups is 1. The fraction of sp³-hybridized carbons (Fsp3) is 0.462. The number of amides is 1. The molecule has 0 aromatic heterocycles. The van der Waals surface area contributed by atoms with Crippen molar-refractivity contribution < 1.29 is 13.2 Å². The zero-order chi connectivity index (χ0) is 13.9. The summed E-state index contributed by atoms with van der Waals surface area (Å²) in [5.41, 5.74) is 0.890. The number of benzene rings is 1. The second kappa shape index (κ2) is 5.92. The summed E-state index contributed by atoms with van der Waals surface area (Å²) in [6, 6.07) is 7.10. The molecule has 1 atom stereocenters. The lowest BCUT2D eigenvalue weighted by Gasteiger charge is -2.09. The third-order valence-electron chi connectivity index (χ3n) is 3.19. The van der Waals surface area contributed by atoms with Crippen molar-refractivity contribution in [1.29, 1.82) is 0 Å². The lowest BCUT2D eigenvalue weighted by Crippen LogP contribution is -2.30. The van der Waals surface area contributed by atoms with Gasteiger partial charge in [0, 0.05) is 11.6 Å². The molecule has 1 unspecified atom stereocenters. The average Bonchev–Trinajstić information content (AvgIpc) is 2.69. The summed E-state index contributed by atoms with van der Waals surface area (Å²) in [6.45, 7) is 0.436. The van der Waals surface area contributed by atoms with Crippen LogP contribution in [0.2, 0.25) is 5.02 Å². The quantitative estimate of drug-likeness (QED) is 0.915. The highest BCUT2D eigenvalue weighted by Crippen LogP contribution is 2.17. The van der Waals surface area contributed by atoms with E-state index in [1.807, 2.05) is 12.1 Å². The van der Waals surface area contributed by atoms with Gasteiger partial charge >= 0.3 is 0 Å². The lowest BCUT2D eigenvalue weighted by atomic mass is 10.1. The van der Waals surface area contributed by atoms with Gasteiger partial charge in [-0.2, -0.15) is 0 Å². The first-order valence-corrected chi connectivity index (χ1v) is 8.36. The van der Waals surface area contributed by atoms with E-state index in [9.17, 15) is 13.2 Å². The minimum Gasteiger partial charge on any atom is -0.356 e. The van der Waals surface area contributed by atoms with Crippen LogP contribution in [0.1, 0.15) is 12.0 Å². The summed E-state index contributed by atoms with van der Waals surface area (Å²) in [6.07, 6.45) is 0.931. The van der Waals surface area contributed by atoms with Crippen molar-refractivity contribution in [2.75, 3.05) is 18.1 Å². The van der Waals surface area contributed by atoms with Gasteiger partial charge in [-0.15, -0.1) is 0 Å². The molecule has 2 rings (SSSR count). The third kappa shape index (κ3) is 4.51. The molecule has 4 nitrogen and oxygen atoms in total. The Morgan fingerprint density at radius 2 is 2.00 bits per heavy atom. The van der Waals surface area contributed by atoms with Gasteiger partial charge in [-0.25, -0.2) is 8.42 Å². The minimum absolute atomic E-state index is 0.0548. The average molecular weight is 302 g/mol. The molecular formula is C13H16ClNO3S. The van der Waals surface area contributed by atoms with Gasteiger partial charge in [0.2, 0.25) is 5.91 Å². The Bertz CT molecular complexity index is 554. The van der Waals surface area contributed by atoms with Crippen molar-refractivity contribution >= 4 is 27.3 Å². The Balaban J connectivity index is 1.78. The Morgan fingerprint density at radius 3 is 2.58 bits per heavy atom. The Labute approximate surface area is 118 Å². The van der Waals surface area contributed by atoms with Crippen LogP contribution in [-0.4, -0.2) is 32.4 Å². The van der Waals surface area contributed by atoms with Gasteiger partial charge in [0.25, 0.3) is 0 Å². The van der Waals surface area contributed by atoms with E-state index in [0.717, 1.165) is 5.56 Å². The van der Waals surface area contributed by atoms with Crippen LogP contribution in [0.4, 0.5) is 0 Å². The second-order valence-corrected chi connectivity index (χ2v) is 7.54. The van der Waals surface area contributed by atoms with E-state index in [1.54, 1.807) is 12.1 Å². The molecule has 19 heavy (non-hydrogen) atoms. The van der Waals surface area contributed by atoms with E-state index in [1.165, 1.54) is 0 Å². The fourth-order valence-corrected chi connectivity index (χ4v) is 4.13. The molecule has 1 aliphatic rings. The van der Waals surface area contributed by atoms with Gasteiger partial charge in [0.1, 0.15) is 0 Å². The number of carbonyl (C=O) groups excluding carboxylic acids is 1. The predicted octanol–water partition coefficient (Wildman–Crippen LogP) is 1.43. The van der Waals surface area contributed by atoms with Gasteiger partial charge in [0.15, 0.2) is 9.84 Å². The molecule has 1 amide bonds. The van der Waals surface area contributed by atoms with E-state index in [-0.39, 0.29) is 29.8 Å². The number of nitrogens with one attached hydrogen (secondary N) is 1. The minimum atomic E-state index is -2.87. The zero-order valence-electron chi connectivity index (χ0n) is 10.4. The Morgan fingerprint density at radius 1 is 1.32 bits per heavy atom. The van der Waals surface area contributed by atoms with Crippen LogP contribution in [0.5, 0.6) is 0 Å². The summed E-state index contributed by atoms with van der Waals surface area (Å²) < 4.78 is 22.6. The highest BCUT2D eigenvalue weighted by atomic mass is 35.5. The molecule has 0 radical (unpaired) electrons. The molecule has 1 N–H and O–H groups in total. The van der Waals surface area contributed by atoms with E-state index >= 15 is 0 Å².